The van der Waals surface area contributed by atoms with E-state index in [-0.39, 0.29) is 12.1 Å². The molecule has 0 bridgehead atoms. The summed E-state index contributed by atoms with van der Waals surface area (Å²) in [5, 5.41) is 15.7. The van der Waals surface area contributed by atoms with E-state index < -0.39 is 6.10 Å². The summed E-state index contributed by atoms with van der Waals surface area (Å²) in [5.41, 5.74) is 2.14. The Hall–Kier alpha value is -2.08. The molecule has 2 amide bonds. The van der Waals surface area contributed by atoms with Gasteiger partial charge >= 0.3 is 6.03 Å². The number of aryl methyl sites for hydroxylation is 2. The van der Waals surface area contributed by atoms with E-state index in [1.807, 2.05) is 25.1 Å². The van der Waals surface area contributed by atoms with Gasteiger partial charge in [0.2, 0.25) is 0 Å². The summed E-state index contributed by atoms with van der Waals surface area (Å²) in [6.07, 6.45) is 4.16. The Morgan fingerprint density at radius 1 is 1.33 bits per heavy atom. The number of benzene rings is 1. The van der Waals surface area contributed by atoms with Crippen molar-refractivity contribution in [2.75, 3.05) is 6.54 Å². The van der Waals surface area contributed by atoms with E-state index in [2.05, 4.69) is 26.3 Å². The molecule has 1 aliphatic rings. The van der Waals surface area contributed by atoms with Crippen molar-refractivity contribution in [3.05, 3.63) is 30.1 Å². The molecule has 1 aromatic carbocycles. The molecule has 2 aromatic rings. The van der Waals surface area contributed by atoms with Gasteiger partial charge in [0.05, 0.1) is 23.2 Å². The number of fused-ring (bicyclic) bond motifs is 1. The van der Waals surface area contributed by atoms with E-state index in [0.717, 1.165) is 55.5 Å². The number of aliphatic hydroxyl groups excluding tert-OH is 1. The van der Waals surface area contributed by atoms with Crippen molar-refractivity contribution in [3.63, 3.8) is 0 Å². The third-order valence-corrected chi connectivity index (χ3v) is 4.74. The number of urea groups is 1. The molecule has 2 atom stereocenters. The number of aliphatic hydroxyl groups is 1. The zero-order valence-electron chi connectivity index (χ0n) is 14.2. The summed E-state index contributed by atoms with van der Waals surface area (Å²) >= 11 is 0. The Bertz CT molecular complexity index is 697. The van der Waals surface area contributed by atoms with Crippen LogP contribution in [0.25, 0.3) is 11.0 Å². The quantitative estimate of drug-likeness (QED) is 0.736. The van der Waals surface area contributed by atoms with Gasteiger partial charge in [-0.05, 0) is 38.3 Å². The van der Waals surface area contributed by atoms with Crippen LogP contribution in [0, 0.1) is 6.92 Å². The van der Waals surface area contributed by atoms with Crippen molar-refractivity contribution in [1.82, 2.24) is 20.2 Å². The molecule has 6 nitrogen and oxygen atoms in total. The molecule has 0 aliphatic heterocycles. The monoisotopic (exact) mass is 330 g/mol. The van der Waals surface area contributed by atoms with E-state index in [4.69, 9.17) is 0 Å². The molecule has 130 valence electrons. The molecule has 0 spiro atoms. The van der Waals surface area contributed by atoms with E-state index in [1.165, 1.54) is 0 Å². The van der Waals surface area contributed by atoms with Crippen LogP contribution >= 0.6 is 0 Å². The first-order valence-corrected chi connectivity index (χ1v) is 8.79. The molecule has 6 heteroatoms. The molecule has 1 heterocycles. The summed E-state index contributed by atoms with van der Waals surface area (Å²) in [7, 11) is 0. The van der Waals surface area contributed by atoms with Gasteiger partial charge in [0.1, 0.15) is 5.82 Å². The Labute approximate surface area is 142 Å². The first kappa shape index (κ1) is 16.8. The zero-order valence-corrected chi connectivity index (χ0v) is 14.2. The van der Waals surface area contributed by atoms with E-state index >= 15 is 0 Å². The van der Waals surface area contributed by atoms with Crippen LogP contribution in [0.3, 0.4) is 0 Å². The second-order valence-corrected chi connectivity index (χ2v) is 6.51. The normalized spacial score (nSPS) is 20.9. The second kappa shape index (κ2) is 7.66. The molecule has 1 aromatic heterocycles. The molecule has 0 radical (unpaired) electrons. The molecule has 24 heavy (non-hydrogen) atoms. The second-order valence-electron chi connectivity index (χ2n) is 6.51. The van der Waals surface area contributed by atoms with Gasteiger partial charge in [-0.3, -0.25) is 0 Å². The number of hydrogen-bond acceptors (Lipinski definition) is 3. The highest BCUT2D eigenvalue weighted by atomic mass is 16.3. The van der Waals surface area contributed by atoms with Crippen LogP contribution in [0.4, 0.5) is 4.79 Å². The fourth-order valence-electron chi connectivity index (χ4n) is 3.42. The summed E-state index contributed by atoms with van der Waals surface area (Å²) in [6.45, 7) is 3.42. The number of amides is 2. The van der Waals surface area contributed by atoms with E-state index in [0.29, 0.717) is 6.54 Å². The van der Waals surface area contributed by atoms with Crippen LogP contribution in [-0.2, 0) is 6.54 Å². The number of aromatic nitrogens is 2. The van der Waals surface area contributed by atoms with Crippen LogP contribution in [0.15, 0.2) is 24.3 Å². The maximum atomic E-state index is 11.9. The zero-order chi connectivity index (χ0) is 16.9. The predicted octanol–water partition coefficient (Wildman–Crippen LogP) is 2.34. The number of hydrogen-bond donors (Lipinski definition) is 3. The molecular formula is C18H26N4O2. The van der Waals surface area contributed by atoms with Crippen molar-refractivity contribution in [2.45, 2.75) is 57.7 Å². The molecule has 1 saturated carbocycles. The predicted molar refractivity (Wildman–Crippen MR) is 93.9 cm³/mol. The fourth-order valence-corrected chi connectivity index (χ4v) is 3.42. The first-order valence-electron chi connectivity index (χ1n) is 8.79. The van der Waals surface area contributed by atoms with Crippen LogP contribution in [0.1, 0.15) is 37.9 Å². The van der Waals surface area contributed by atoms with Crippen LogP contribution < -0.4 is 10.6 Å². The molecule has 3 N–H and O–H groups in total. The Morgan fingerprint density at radius 2 is 2.12 bits per heavy atom. The topological polar surface area (TPSA) is 79.2 Å². The third-order valence-electron chi connectivity index (χ3n) is 4.74. The van der Waals surface area contributed by atoms with Gasteiger partial charge in [0.25, 0.3) is 0 Å². The van der Waals surface area contributed by atoms with Crippen molar-refractivity contribution < 1.29 is 9.90 Å². The van der Waals surface area contributed by atoms with Gasteiger partial charge in [-0.25, -0.2) is 9.78 Å². The highest BCUT2D eigenvalue weighted by Crippen LogP contribution is 2.18. The number of imidazole rings is 1. The minimum absolute atomic E-state index is 0.112. The Kier molecular flexibility index (Phi) is 5.35. The summed E-state index contributed by atoms with van der Waals surface area (Å²) in [6, 6.07) is 7.79. The van der Waals surface area contributed by atoms with Crippen molar-refractivity contribution in [1.29, 1.82) is 0 Å². The smallest absolute Gasteiger partial charge is 0.315 e. The van der Waals surface area contributed by atoms with Crippen molar-refractivity contribution >= 4 is 17.1 Å². The van der Waals surface area contributed by atoms with Gasteiger partial charge in [-0.1, -0.05) is 25.0 Å². The van der Waals surface area contributed by atoms with Gasteiger partial charge in [-0.2, -0.15) is 0 Å². The highest BCUT2D eigenvalue weighted by Gasteiger charge is 2.24. The molecule has 1 aliphatic carbocycles. The number of nitrogens with zero attached hydrogens (tertiary/aromatic N) is 2. The molecule has 0 saturated heterocycles. The van der Waals surface area contributed by atoms with Crippen LogP contribution in [0.5, 0.6) is 0 Å². The van der Waals surface area contributed by atoms with Crippen molar-refractivity contribution in [3.8, 4) is 0 Å². The largest absolute Gasteiger partial charge is 0.391 e. The Morgan fingerprint density at radius 3 is 2.96 bits per heavy atom. The summed E-state index contributed by atoms with van der Waals surface area (Å²) in [4.78, 5) is 16.5. The van der Waals surface area contributed by atoms with Gasteiger partial charge in [0.15, 0.2) is 0 Å². The van der Waals surface area contributed by atoms with Gasteiger partial charge in [0, 0.05) is 13.1 Å². The van der Waals surface area contributed by atoms with E-state index in [1.54, 1.807) is 0 Å². The summed E-state index contributed by atoms with van der Waals surface area (Å²) < 4.78 is 2.18. The number of carbonyl (C=O) groups is 1. The lowest BCUT2D eigenvalue weighted by Crippen LogP contribution is -2.49. The SMILES string of the molecule is Cc1nc2ccccc2n1CCCNC(=O)NC1CCCCC1O. The fraction of sp³-hybridized carbons (Fsp3) is 0.556. The van der Waals surface area contributed by atoms with E-state index in [9.17, 15) is 9.90 Å². The Balaban J connectivity index is 1.44. The lowest BCUT2D eigenvalue weighted by molar-refractivity contribution is 0.0943. The minimum atomic E-state index is -0.413. The third kappa shape index (κ3) is 3.87. The lowest BCUT2D eigenvalue weighted by atomic mass is 9.93. The van der Waals surface area contributed by atoms with Crippen LogP contribution in [0.2, 0.25) is 0 Å². The standard InChI is InChI=1S/C18H26N4O2/c1-13-20-14-7-2-4-9-16(14)22(13)12-6-11-19-18(24)21-15-8-3-5-10-17(15)23/h2,4,7,9,15,17,23H,3,5-6,8,10-12H2,1H3,(H2,19,21,24). The molecule has 1 fully saturated rings. The van der Waals surface area contributed by atoms with Gasteiger partial charge < -0.3 is 20.3 Å². The minimum Gasteiger partial charge on any atom is -0.391 e. The average Bonchev–Trinajstić information content (AvgIpc) is 2.89. The average molecular weight is 330 g/mol. The summed E-state index contributed by atoms with van der Waals surface area (Å²) in [5.74, 6) is 0.992. The maximum Gasteiger partial charge on any atom is 0.315 e. The molecule has 3 rings (SSSR count). The van der Waals surface area contributed by atoms with Crippen molar-refractivity contribution in [2.24, 2.45) is 0 Å². The van der Waals surface area contributed by atoms with Crippen LogP contribution in [-0.4, -0.2) is 39.4 Å². The lowest BCUT2D eigenvalue weighted by Gasteiger charge is -2.28. The molecule has 2 unspecified atom stereocenters. The number of para-hydroxylation sites is 2. The maximum absolute atomic E-state index is 11.9. The number of carbonyl (C=O) groups excluding carboxylic acids is 1. The number of rotatable bonds is 5. The number of nitrogens with one attached hydrogen (secondary N) is 2. The van der Waals surface area contributed by atoms with Gasteiger partial charge in [-0.15, -0.1) is 0 Å². The highest BCUT2D eigenvalue weighted by molar-refractivity contribution is 5.76. The molecular weight excluding hydrogens is 304 g/mol. The first-order chi connectivity index (χ1) is 11.6.